The van der Waals surface area contributed by atoms with Crippen molar-refractivity contribution in [3.8, 4) is 11.5 Å². The maximum absolute atomic E-state index is 13.2. The molecule has 178 valence electrons. The predicted octanol–water partition coefficient (Wildman–Crippen LogP) is 4.33. The van der Waals surface area contributed by atoms with Crippen molar-refractivity contribution in [1.29, 1.82) is 0 Å². The molecule has 3 rings (SSSR count). The summed E-state index contributed by atoms with van der Waals surface area (Å²) in [4.78, 5) is 29.7. The van der Waals surface area contributed by atoms with E-state index in [2.05, 4.69) is 10.2 Å². The van der Waals surface area contributed by atoms with Crippen LogP contribution in [0.4, 0.5) is 0 Å². The van der Waals surface area contributed by atoms with Crippen LogP contribution in [0.5, 0.6) is 11.5 Å². The molecule has 0 unspecified atom stereocenters. The second kappa shape index (κ2) is 12.3. The molecule has 1 aliphatic rings. The van der Waals surface area contributed by atoms with Crippen LogP contribution in [0, 0.1) is 0 Å². The first-order chi connectivity index (χ1) is 16.5. The Bertz CT molecular complexity index is 1090. The first kappa shape index (κ1) is 24.6. The molecule has 2 aromatic rings. The number of hydrogen-bond donors (Lipinski definition) is 3. The highest BCUT2D eigenvalue weighted by Crippen LogP contribution is 2.32. The number of ether oxygens (including phenoxy) is 2. The maximum atomic E-state index is 13.2. The number of phenolic OH excluding ortho intramolecular Hbond substituents is 2. The fourth-order valence-corrected chi connectivity index (χ4v) is 3.33. The molecule has 0 saturated carbocycles. The van der Waals surface area contributed by atoms with E-state index in [1.807, 2.05) is 48.6 Å². The first-order valence-corrected chi connectivity index (χ1v) is 10.8. The van der Waals surface area contributed by atoms with E-state index in [1.54, 1.807) is 6.08 Å². The van der Waals surface area contributed by atoms with Gasteiger partial charge in [-0.05, 0) is 42.2 Å². The van der Waals surface area contributed by atoms with E-state index in [0.717, 1.165) is 24.5 Å². The normalized spacial score (nSPS) is 18.1. The molecule has 0 aliphatic carbocycles. The number of aromatic hydroxyl groups is 2. The Balaban J connectivity index is 2.00. The van der Waals surface area contributed by atoms with Gasteiger partial charge < -0.3 is 19.7 Å². The lowest BCUT2D eigenvalue weighted by molar-refractivity contribution is -0.147. The Morgan fingerprint density at radius 2 is 1.88 bits per heavy atom. The van der Waals surface area contributed by atoms with Crippen LogP contribution in [-0.2, 0) is 19.1 Å². The highest BCUT2D eigenvalue weighted by atomic mass is 16.7. The van der Waals surface area contributed by atoms with Crippen LogP contribution in [0.1, 0.15) is 46.9 Å². The quantitative estimate of drug-likeness (QED) is 0.340. The number of benzene rings is 2. The van der Waals surface area contributed by atoms with Crippen LogP contribution in [0.15, 0.2) is 72.5 Å². The lowest BCUT2D eigenvalue weighted by Crippen LogP contribution is -2.20. The van der Waals surface area contributed by atoms with Crippen LogP contribution in [0.2, 0.25) is 0 Å². The van der Waals surface area contributed by atoms with Crippen LogP contribution < -0.4 is 5.48 Å². The van der Waals surface area contributed by atoms with Gasteiger partial charge in [0.25, 0.3) is 0 Å². The molecule has 0 amide bonds. The molecule has 1 atom stereocenters. The molecule has 0 bridgehead atoms. The smallest absolute Gasteiger partial charge is 0.343 e. The van der Waals surface area contributed by atoms with E-state index in [1.165, 1.54) is 19.3 Å². The van der Waals surface area contributed by atoms with Crippen molar-refractivity contribution in [2.45, 2.75) is 25.4 Å². The zero-order valence-electron chi connectivity index (χ0n) is 18.8. The average Bonchev–Trinajstić information content (AvgIpc) is 2.82. The number of nitrogens with one attached hydrogen (secondary N) is 1. The minimum absolute atomic E-state index is 0.111. The number of allylic oxidation sites excluding steroid dienone is 3. The third kappa shape index (κ3) is 6.98. The summed E-state index contributed by atoms with van der Waals surface area (Å²) in [5.74, 6) is -1.98. The van der Waals surface area contributed by atoms with Crippen molar-refractivity contribution in [3.63, 3.8) is 0 Å². The number of cyclic esters (lactones) is 1. The zero-order valence-corrected chi connectivity index (χ0v) is 18.8. The first-order valence-electron chi connectivity index (χ1n) is 10.8. The Labute approximate surface area is 197 Å². The van der Waals surface area contributed by atoms with Gasteiger partial charge in [0.15, 0.2) is 6.61 Å². The van der Waals surface area contributed by atoms with Gasteiger partial charge in [0.05, 0.1) is 12.8 Å². The Kier molecular flexibility index (Phi) is 8.88. The molecule has 2 aromatic carbocycles. The van der Waals surface area contributed by atoms with E-state index >= 15 is 0 Å². The summed E-state index contributed by atoms with van der Waals surface area (Å²) in [6, 6.07) is 11.7. The van der Waals surface area contributed by atoms with Crippen molar-refractivity contribution >= 4 is 18.0 Å². The van der Waals surface area contributed by atoms with Gasteiger partial charge in [0.1, 0.15) is 23.2 Å². The Morgan fingerprint density at radius 1 is 1.12 bits per heavy atom. The third-order valence-corrected chi connectivity index (χ3v) is 4.99. The molecular formula is C26H27NO7. The number of rotatable bonds is 5. The molecule has 0 saturated heterocycles. The van der Waals surface area contributed by atoms with Crippen LogP contribution in [-0.4, -0.2) is 35.9 Å². The Hall–Kier alpha value is -4.04. The average molecular weight is 466 g/mol. The van der Waals surface area contributed by atoms with Crippen LogP contribution in [0.25, 0.3) is 6.08 Å². The standard InChI is InChI=1S/C26H27NO7/c1-32-24(30)17-33-27-20-12-8-3-2-4-9-13-23(18-10-6-5-7-11-18)34-26(31)25-19(14-20)15-21(28)16-22(25)29/h4-12,14-16,23,27-29H,2-3,13,17H2,1H3/b9-4?,12-8?,20-14-/t23-/m0/s1. The summed E-state index contributed by atoms with van der Waals surface area (Å²) in [6.07, 6.45) is 10.5. The van der Waals surface area contributed by atoms with Gasteiger partial charge >= 0.3 is 11.9 Å². The minimum atomic E-state index is -0.748. The number of esters is 2. The van der Waals surface area contributed by atoms with Crippen molar-refractivity contribution < 1.29 is 34.1 Å². The maximum Gasteiger partial charge on any atom is 0.343 e. The summed E-state index contributed by atoms with van der Waals surface area (Å²) < 4.78 is 10.3. The number of hydroxylamine groups is 1. The number of phenols is 2. The van der Waals surface area contributed by atoms with Crippen molar-refractivity contribution in [1.82, 2.24) is 5.48 Å². The van der Waals surface area contributed by atoms with Gasteiger partial charge in [0, 0.05) is 12.5 Å². The number of methoxy groups -OCH3 is 1. The van der Waals surface area contributed by atoms with E-state index in [-0.39, 0.29) is 23.5 Å². The van der Waals surface area contributed by atoms with Gasteiger partial charge in [-0.1, -0.05) is 48.6 Å². The van der Waals surface area contributed by atoms with Crippen LogP contribution >= 0.6 is 0 Å². The van der Waals surface area contributed by atoms with E-state index in [4.69, 9.17) is 9.57 Å². The predicted molar refractivity (Wildman–Crippen MR) is 126 cm³/mol. The molecule has 0 spiro atoms. The van der Waals surface area contributed by atoms with Crippen molar-refractivity contribution in [3.05, 3.63) is 89.2 Å². The molecular weight excluding hydrogens is 438 g/mol. The van der Waals surface area contributed by atoms with Gasteiger partial charge in [0.2, 0.25) is 0 Å². The van der Waals surface area contributed by atoms with E-state index < -0.39 is 23.8 Å². The number of carbonyl (C=O) groups is 2. The highest BCUT2D eigenvalue weighted by Gasteiger charge is 2.23. The van der Waals surface area contributed by atoms with E-state index in [9.17, 15) is 19.8 Å². The van der Waals surface area contributed by atoms with Crippen molar-refractivity contribution in [2.75, 3.05) is 13.7 Å². The van der Waals surface area contributed by atoms with Crippen LogP contribution in [0.3, 0.4) is 0 Å². The molecule has 34 heavy (non-hydrogen) atoms. The lowest BCUT2D eigenvalue weighted by atomic mass is 10.0. The highest BCUT2D eigenvalue weighted by molar-refractivity contribution is 5.97. The second-order valence-electron chi connectivity index (χ2n) is 7.49. The Morgan fingerprint density at radius 3 is 2.65 bits per heavy atom. The van der Waals surface area contributed by atoms with Gasteiger partial charge in [-0.3, -0.25) is 10.3 Å². The topological polar surface area (TPSA) is 114 Å². The SMILES string of the molecule is COC(=O)CON/C1=C\c2cc(O)cc(O)c2C(=O)O[C@H](c2ccccc2)CC=CCCC=C1. The molecule has 1 heterocycles. The summed E-state index contributed by atoms with van der Waals surface area (Å²) in [5, 5.41) is 20.5. The minimum Gasteiger partial charge on any atom is -0.508 e. The van der Waals surface area contributed by atoms with Gasteiger partial charge in [-0.25, -0.2) is 9.59 Å². The molecule has 3 N–H and O–H groups in total. The summed E-state index contributed by atoms with van der Waals surface area (Å²) in [5.41, 5.74) is 3.93. The number of carbonyl (C=O) groups excluding carboxylic acids is 2. The monoisotopic (exact) mass is 465 g/mol. The zero-order chi connectivity index (χ0) is 24.3. The second-order valence-corrected chi connectivity index (χ2v) is 7.49. The molecule has 0 aromatic heterocycles. The number of fused-ring (bicyclic) bond motifs is 1. The molecule has 8 nitrogen and oxygen atoms in total. The largest absolute Gasteiger partial charge is 0.508 e. The number of hydrogen-bond acceptors (Lipinski definition) is 8. The molecule has 8 heteroatoms. The van der Waals surface area contributed by atoms with E-state index in [0.29, 0.717) is 12.1 Å². The fourth-order valence-electron chi connectivity index (χ4n) is 3.33. The lowest BCUT2D eigenvalue weighted by Gasteiger charge is -2.19. The third-order valence-electron chi connectivity index (χ3n) is 4.99. The molecule has 1 aliphatic heterocycles. The molecule has 0 radical (unpaired) electrons. The fraction of sp³-hybridized carbons (Fsp3) is 0.231. The molecule has 0 fully saturated rings. The van der Waals surface area contributed by atoms with Gasteiger partial charge in [-0.2, -0.15) is 0 Å². The van der Waals surface area contributed by atoms with Gasteiger partial charge in [-0.15, -0.1) is 0 Å². The summed E-state index contributed by atoms with van der Waals surface area (Å²) in [6.45, 7) is -0.344. The summed E-state index contributed by atoms with van der Waals surface area (Å²) in [7, 11) is 1.25. The van der Waals surface area contributed by atoms with Crippen molar-refractivity contribution in [2.24, 2.45) is 0 Å². The summed E-state index contributed by atoms with van der Waals surface area (Å²) >= 11 is 0.